The fraction of sp³-hybridized carbons (Fsp3) is 0.875. The summed E-state index contributed by atoms with van der Waals surface area (Å²) in [5, 5.41) is 15.4. The molecule has 5 heteroatoms. The third-order valence-electron chi connectivity index (χ3n) is 5.69. The number of hydrogen-bond acceptors (Lipinski definition) is 3. The molecule has 21 heavy (non-hydrogen) atoms. The van der Waals surface area contributed by atoms with Crippen LogP contribution in [0.3, 0.4) is 0 Å². The van der Waals surface area contributed by atoms with Crippen LogP contribution in [0.4, 0.5) is 0 Å². The first kappa shape index (κ1) is 14.7. The molecule has 3 saturated carbocycles. The van der Waals surface area contributed by atoms with E-state index in [1.807, 2.05) is 0 Å². The van der Waals surface area contributed by atoms with Crippen molar-refractivity contribution in [1.29, 1.82) is 0 Å². The largest absolute Gasteiger partial charge is 0.409 e. The van der Waals surface area contributed by atoms with Crippen molar-refractivity contribution in [3.8, 4) is 0 Å². The van der Waals surface area contributed by atoms with E-state index in [0.29, 0.717) is 18.8 Å². The smallest absolute Gasteiger partial charge is 0.233 e. The molecule has 3 rings (SSSR count). The van der Waals surface area contributed by atoms with Crippen molar-refractivity contribution in [3.05, 3.63) is 0 Å². The predicted octanol–water partition coefficient (Wildman–Crippen LogP) is 2.24. The summed E-state index contributed by atoms with van der Waals surface area (Å²) in [4.78, 5) is 12.7. The number of nitrogens with one attached hydrogen (secondary N) is 1. The first-order valence-electron chi connectivity index (χ1n) is 8.43. The van der Waals surface area contributed by atoms with E-state index in [-0.39, 0.29) is 11.7 Å². The van der Waals surface area contributed by atoms with E-state index in [9.17, 15) is 4.79 Å². The lowest BCUT2D eigenvalue weighted by atomic mass is 9.72. The van der Waals surface area contributed by atoms with Gasteiger partial charge in [0.05, 0.1) is 0 Å². The summed E-state index contributed by atoms with van der Waals surface area (Å²) in [6, 6.07) is 0. The SMILES string of the molecule is NC(=NO)C1(C(=O)NCC(C2CC2)C2CC2)CCCCC1. The van der Waals surface area contributed by atoms with Crippen LogP contribution in [0.5, 0.6) is 0 Å². The first-order chi connectivity index (χ1) is 10.2. The Labute approximate surface area is 126 Å². The molecule has 0 unspecified atom stereocenters. The van der Waals surface area contributed by atoms with Crippen LogP contribution in [0.25, 0.3) is 0 Å². The lowest BCUT2D eigenvalue weighted by molar-refractivity contribution is -0.129. The number of nitrogens with zero attached hydrogens (tertiary/aromatic N) is 1. The third-order valence-corrected chi connectivity index (χ3v) is 5.69. The molecule has 0 atom stereocenters. The van der Waals surface area contributed by atoms with Crippen LogP contribution < -0.4 is 11.1 Å². The molecule has 0 heterocycles. The van der Waals surface area contributed by atoms with Gasteiger partial charge in [0.1, 0.15) is 5.41 Å². The van der Waals surface area contributed by atoms with Crippen molar-refractivity contribution in [1.82, 2.24) is 5.32 Å². The van der Waals surface area contributed by atoms with E-state index < -0.39 is 5.41 Å². The summed E-state index contributed by atoms with van der Waals surface area (Å²) < 4.78 is 0. The van der Waals surface area contributed by atoms with Gasteiger partial charge < -0.3 is 16.3 Å². The van der Waals surface area contributed by atoms with Gasteiger partial charge in [0.2, 0.25) is 5.91 Å². The second-order valence-electron chi connectivity index (χ2n) is 7.18. The van der Waals surface area contributed by atoms with E-state index in [1.54, 1.807) is 0 Å². The van der Waals surface area contributed by atoms with E-state index in [0.717, 1.165) is 37.6 Å². The first-order valence-corrected chi connectivity index (χ1v) is 8.43. The molecule has 0 radical (unpaired) electrons. The highest BCUT2D eigenvalue weighted by molar-refractivity contribution is 6.06. The van der Waals surface area contributed by atoms with Gasteiger partial charge in [-0.05, 0) is 56.3 Å². The lowest BCUT2D eigenvalue weighted by Gasteiger charge is -2.35. The van der Waals surface area contributed by atoms with Gasteiger partial charge in [-0.15, -0.1) is 0 Å². The van der Waals surface area contributed by atoms with Gasteiger partial charge in [0.15, 0.2) is 5.84 Å². The van der Waals surface area contributed by atoms with Crippen molar-refractivity contribution in [3.63, 3.8) is 0 Å². The average Bonchev–Trinajstić information content (AvgIpc) is 3.39. The minimum atomic E-state index is -0.773. The van der Waals surface area contributed by atoms with Crippen molar-refractivity contribution in [2.45, 2.75) is 57.8 Å². The van der Waals surface area contributed by atoms with E-state index in [1.165, 1.54) is 25.7 Å². The zero-order chi connectivity index (χ0) is 14.9. The number of carbonyl (C=O) groups excluding carboxylic acids is 1. The van der Waals surface area contributed by atoms with E-state index in [2.05, 4.69) is 10.5 Å². The normalized spacial score (nSPS) is 25.9. The maximum Gasteiger partial charge on any atom is 0.233 e. The molecular formula is C16H27N3O2. The molecule has 3 aliphatic carbocycles. The molecule has 0 aromatic carbocycles. The van der Waals surface area contributed by atoms with Crippen LogP contribution in [-0.2, 0) is 4.79 Å². The summed E-state index contributed by atoms with van der Waals surface area (Å²) >= 11 is 0. The van der Waals surface area contributed by atoms with Crippen LogP contribution >= 0.6 is 0 Å². The molecule has 3 aliphatic rings. The van der Waals surface area contributed by atoms with Crippen molar-refractivity contribution in [2.75, 3.05) is 6.54 Å². The van der Waals surface area contributed by atoms with Crippen LogP contribution in [-0.4, -0.2) is 23.5 Å². The fourth-order valence-corrected chi connectivity index (χ4v) is 4.00. The minimum Gasteiger partial charge on any atom is -0.409 e. The van der Waals surface area contributed by atoms with Crippen LogP contribution in [0.15, 0.2) is 5.16 Å². The highest BCUT2D eigenvalue weighted by atomic mass is 16.4. The molecule has 0 saturated heterocycles. The molecule has 0 aliphatic heterocycles. The second kappa shape index (κ2) is 5.85. The number of amidine groups is 1. The Balaban J connectivity index is 1.63. The van der Waals surface area contributed by atoms with Crippen molar-refractivity contribution in [2.24, 2.45) is 34.1 Å². The van der Waals surface area contributed by atoms with Gasteiger partial charge in [-0.2, -0.15) is 0 Å². The summed E-state index contributed by atoms with van der Waals surface area (Å²) in [6.45, 7) is 0.772. The summed E-state index contributed by atoms with van der Waals surface area (Å²) in [5.41, 5.74) is 5.10. The van der Waals surface area contributed by atoms with E-state index in [4.69, 9.17) is 10.9 Å². The monoisotopic (exact) mass is 293 g/mol. The minimum absolute atomic E-state index is 0.0243. The van der Waals surface area contributed by atoms with Gasteiger partial charge in [0, 0.05) is 6.54 Å². The molecule has 4 N–H and O–H groups in total. The molecule has 1 amide bonds. The predicted molar refractivity (Wildman–Crippen MR) is 80.9 cm³/mol. The summed E-state index contributed by atoms with van der Waals surface area (Å²) in [6.07, 6.45) is 9.76. The van der Waals surface area contributed by atoms with Gasteiger partial charge in [0.25, 0.3) is 0 Å². The summed E-state index contributed by atoms with van der Waals surface area (Å²) in [5.74, 6) is 2.37. The van der Waals surface area contributed by atoms with Crippen molar-refractivity contribution < 1.29 is 10.0 Å². The Kier molecular flexibility index (Phi) is 4.09. The molecule has 3 fully saturated rings. The zero-order valence-corrected chi connectivity index (χ0v) is 12.7. The third kappa shape index (κ3) is 3.01. The Morgan fingerprint density at radius 2 is 1.76 bits per heavy atom. The van der Waals surface area contributed by atoms with E-state index >= 15 is 0 Å². The summed E-state index contributed by atoms with van der Waals surface area (Å²) in [7, 11) is 0. The highest BCUT2D eigenvalue weighted by Crippen LogP contribution is 2.49. The molecule has 0 aromatic heterocycles. The molecule has 0 bridgehead atoms. The Morgan fingerprint density at radius 3 is 2.24 bits per heavy atom. The van der Waals surface area contributed by atoms with Crippen LogP contribution in [0, 0.1) is 23.2 Å². The number of oxime groups is 1. The quantitative estimate of drug-likeness (QED) is 0.304. The molecule has 0 spiro atoms. The van der Waals surface area contributed by atoms with Gasteiger partial charge in [-0.1, -0.05) is 24.4 Å². The number of hydrogen-bond donors (Lipinski definition) is 3. The molecule has 5 nitrogen and oxygen atoms in total. The van der Waals surface area contributed by atoms with Gasteiger partial charge in [-0.25, -0.2) is 0 Å². The molecule has 0 aromatic rings. The maximum atomic E-state index is 12.7. The van der Waals surface area contributed by atoms with Crippen LogP contribution in [0.1, 0.15) is 57.8 Å². The van der Waals surface area contributed by atoms with Crippen LogP contribution in [0.2, 0.25) is 0 Å². The number of nitrogens with two attached hydrogens (primary N) is 1. The van der Waals surface area contributed by atoms with Gasteiger partial charge in [-0.3, -0.25) is 4.79 Å². The molecule has 118 valence electrons. The average molecular weight is 293 g/mol. The van der Waals surface area contributed by atoms with Gasteiger partial charge >= 0.3 is 0 Å². The maximum absolute atomic E-state index is 12.7. The number of carbonyl (C=O) groups is 1. The molecular weight excluding hydrogens is 266 g/mol. The fourth-order valence-electron chi connectivity index (χ4n) is 4.00. The lowest BCUT2D eigenvalue weighted by Crippen LogP contribution is -2.51. The van der Waals surface area contributed by atoms with Crippen molar-refractivity contribution >= 4 is 11.7 Å². The Morgan fingerprint density at radius 1 is 1.19 bits per heavy atom. The Bertz CT molecular complexity index is 409. The highest BCUT2D eigenvalue weighted by Gasteiger charge is 2.46. The number of amides is 1. The zero-order valence-electron chi connectivity index (χ0n) is 12.7. The topological polar surface area (TPSA) is 87.7 Å². The standard InChI is InChI=1S/C16H27N3O2/c17-14(19-21)16(8-2-1-3-9-16)15(20)18-10-13(11-4-5-11)12-6-7-12/h11-13,21H,1-10H2,(H2,17,19)(H,18,20). The Hall–Kier alpha value is -1.26. The number of rotatable bonds is 6. The second-order valence-corrected chi connectivity index (χ2v) is 7.18.